The van der Waals surface area contributed by atoms with Crippen LogP contribution in [0.1, 0.15) is 46.5 Å². The minimum absolute atomic E-state index is 0.0135. The second-order valence-corrected chi connectivity index (χ2v) is 9.74. The largest absolute Gasteiger partial charge is 0.461 e. The number of halogens is 2. The first-order valence-electron chi connectivity index (χ1n) is 12.7. The molecule has 2 aromatic carbocycles. The molecule has 194 valence electrons. The van der Waals surface area contributed by atoms with Gasteiger partial charge in [-0.2, -0.15) is 0 Å². The van der Waals surface area contributed by atoms with Crippen molar-refractivity contribution in [1.82, 2.24) is 9.88 Å². The Labute approximate surface area is 219 Å². The molecule has 0 atom stereocenters. The van der Waals surface area contributed by atoms with E-state index in [2.05, 4.69) is 4.98 Å². The lowest BCUT2D eigenvalue weighted by molar-refractivity contribution is -0.114. The Bertz CT molecular complexity index is 1480. The van der Waals surface area contributed by atoms with Crippen molar-refractivity contribution in [3.8, 4) is 11.1 Å². The number of alkyl halides is 2. The second kappa shape index (κ2) is 10.7. The first kappa shape index (κ1) is 25.5. The molecule has 0 radical (unpaired) electrons. The summed E-state index contributed by atoms with van der Waals surface area (Å²) < 4.78 is 32.9. The third kappa shape index (κ3) is 5.88. The Balaban J connectivity index is 1.25. The van der Waals surface area contributed by atoms with Gasteiger partial charge in [-0.25, -0.2) is 8.78 Å². The molecule has 7 heteroatoms. The summed E-state index contributed by atoms with van der Waals surface area (Å²) in [6.45, 7) is 2.11. The molecular formula is C31H28F2N2O3. The van der Waals surface area contributed by atoms with Gasteiger partial charge in [-0.05, 0) is 77.7 Å². The number of carbonyl (C=O) groups excluding carboxylic acids is 2. The smallest absolute Gasteiger partial charge is 0.253 e. The average Bonchev–Trinajstić information content (AvgIpc) is 3.35. The number of furan rings is 1. The second-order valence-electron chi connectivity index (χ2n) is 9.74. The van der Waals surface area contributed by atoms with Crippen molar-refractivity contribution in [2.45, 2.75) is 38.5 Å². The van der Waals surface area contributed by atoms with Gasteiger partial charge in [0.15, 0.2) is 5.78 Å². The third-order valence-electron chi connectivity index (χ3n) is 6.86. The lowest BCUT2D eigenvalue weighted by Gasteiger charge is -2.31. The van der Waals surface area contributed by atoms with Gasteiger partial charge >= 0.3 is 0 Å². The number of ketones is 1. The number of likely N-dealkylation sites (tertiary alicyclic amines) is 1. The minimum atomic E-state index is -2.68. The van der Waals surface area contributed by atoms with Gasteiger partial charge in [-0.1, -0.05) is 18.2 Å². The molecule has 0 N–H and O–H groups in total. The highest BCUT2D eigenvalue weighted by Gasteiger charge is 2.35. The number of piperidine rings is 1. The molecule has 0 aliphatic carbocycles. The van der Waals surface area contributed by atoms with Crippen molar-refractivity contribution >= 4 is 28.7 Å². The van der Waals surface area contributed by atoms with Gasteiger partial charge in [0.05, 0.1) is 0 Å². The zero-order chi connectivity index (χ0) is 26.7. The Morgan fingerprint density at radius 3 is 2.53 bits per heavy atom. The molecule has 1 aliphatic rings. The van der Waals surface area contributed by atoms with E-state index in [4.69, 9.17) is 4.42 Å². The van der Waals surface area contributed by atoms with Crippen molar-refractivity contribution in [2.75, 3.05) is 13.1 Å². The van der Waals surface area contributed by atoms with Crippen molar-refractivity contribution in [2.24, 2.45) is 0 Å². The monoisotopic (exact) mass is 514 g/mol. The van der Waals surface area contributed by atoms with Gasteiger partial charge < -0.3 is 9.32 Å². The number of hydrogen-bond donors (Lipinski definition) is 0. The summed E-state index contributed by atoms with van der Waals surface area (Å²) in [6.07, 6.45) is 6.97. The molecule has 3 heterocycles. The number of aromatic nitrogens is 1. The van der Waals surface area contributed by atoms with Crippen molar-refractivity contribution in [1.29, 1.82) is 0 Å². The zero-order valence-corrected chi connectivity index (χ0v) is 21.1. The number of hydrogen-bond acceptors (Lipinski definition) is 4. The number of amides is 1. The molecular weight excluding hydrogens is 486 g/mol. The summed E-state index contributed by atoms with van der Waals surface area (Å²) >= 11 is 0. The van der Waals surface area contributed by atoms with Crippen LogP contribution < -0.4 is 0 Å². The lowest BCUT2D eigenvalue weighted by Crippen LogP contribution is -2.42. The standard InChI is InChI=1S/C31H28F2N2O3/c1-21-17-25(23-5-7-24(8-6-23)30(37)35-15-12-31(32,33)13-16-35)18-26-19-28(38-29(21)26)11-10-27(36)9-4-22-3-2-14-34-20-22/h2-9,14,17-20H,10-13,15-16H2,1H3/b9-4+. The van der Waals surface area contributed by atoms with Gasteiger partial charge in [-0.3, -0.25) is 14.6 Å². The normalized spacial score (nSPS) is 15.3. The van der Waals surface area contributed by atoms with E-state index >= 15 is 0 Å². The molecule has 5 rings (SSSR count). The van der Waals surface area contributed by atoms with Gasteiger partial charge in [-0.15, -0.1) is 0 Å². The van der Waals surface area contributed by atoms with Crippen LogP contribution in [0.4, 0.5) is 8.78 Å². The molecule has 2 aromatic heterocycles. The van der Waals surface area contributed by atoms with Crippen LogP contribution in [0.5, 0.6) is 0 Å². The van der Waals surface area contributed by atoms with E-state index in [1.54, 1.807) is 36.7 Å². The van der Waals surface area contributed by atoms with Crippen LogP contribution in [-0.4, -0.2) is 40.6 Å². The molecule has 1 aliphatic heterocycles. The van der Waals surface area contributed by atoms with E-state index in [0.717, 1.165) is 39.0 Å². The van der Waals surface area contributed by atoms with Crippen molar-refractivity contribution in [3.05, 3.63) is 95.5 Å². The Hall–Kier alpha value is -4.13. The fraction of sp³-hybridized carbons (Fsp3) is 0.258. The zero-order valence-electron chi connectivity index (χ0n) is 21.1. The third-order valence-corrected chi connectivity index (χ3v) is 6.86. The Kier molecular flexibility index (Phi) is 7.18. The van der Waals surface area contributed by atoms with Crippen molar-refractivity contribution in [3.63, 3.8) is 0 Å². The number of rotatable bonds is 7. The Morgan fingerprint density at radius 2 is 1.82 bits per heavy atom. The number of pyridine rings is 1. The quantitative estimate of drug-likeness (QED) is 0.252. The summed E-state index contributed by atoms with van der Waals surface area (Å²) in [4.78, 5) is 30.6. The van der Waals surface area contributed by atoms with Crippen LogP contribution in [-0.2, 0) is 11.2 Å². The summed E-state index contributed by atoms with van der Waals surface area (Å²) in [5.41, 5.74) is 5.05. The molecule has 0 spiro atoms. The van der Waals surface area contributed by atoms with Gasteiger partial charge in [0.25, 0.3) is 11.8 Å². The van der Waals surface area contributed by atoms with E-state index in [1.165, 1.54) is 4.90 Å². The highest BCUT2D eigenvalue weighted by molar-refractivity contribution is 5.95. The molecule has 0 unspecified atom stereocenters. The number of allylic oxidation sites excluding steroid dienone is 1. The van der Waals surface area contributed by atoms with Crippen LogP contribution >= 0.6 is 0 Å². The predicted molar refractivity (Wildman–Crippen MR) is 143 cm³/mol. The maximum Gasteiger partial charge on any atom is 0.253 e. The lowest BCUT2D eigenvalue weighted by atomic mass is 9.99. The first-order valence-corrected chi connectivity index (χ1v) is 12.7. The van der Waals surface area contributed by atoms with E-state index in [0.29, 0.717) is 18.4 Å². The number of benzene rings is 2. The molecule has 1 fully saturated rings. The van der Waals surface area contributed by atoms with E-state index in [-0.39, 0.29) is 37.6 Å². The summed E-state index contributed by atoms with van der Waals surface area (Å²) in [7, 11) is 0. The fourth-order valence-electron chi connectivity index (χ4n) is 4.69. The van der Waals surface area contributed by atoms with Crippen LogP contribution in [0.25, 0.3) is 28.2 Å². The average molecular weight is 515 g/mol. The number of fused-ring (bicyclic) bond motifs is 1. The van der Waals surface area contributed by atoms with Crippen LogP contribution in [0.15, 0.2) is 77.5 Å². The summed E-state index contributed by atoms with van der Waals surface area (Å²) in [5, 5.41) is 0.947. The van der Waals surface area contributed by atoms with Crippen molar-refractivity contribution < 1.29 is 22.8 Å². The molecule has 1 saturated heterocycles. The minimum Gasteiger partial charge on any atom is -0.461 e. The summed E-state index contributed by atoms with van der Waals surface area (Å²) in [5.74, 6) is -2.14. The fourth-order valence-corrected chi connectivity index (χ4v) is 4.69. The highest BCUT2D eigenvalue weighted by atomic mass is 19.3. The number of carbonyl (C=O) groups is 2. The van der Waals surface area contributed by atoms with Gasteiger partial charge in [0.2, 0.25) is 0 Å². The molecule has 0 bridgehead atoms. The SMILES string of the molecule is Cc1cc(-c2ccc(C(=O)N3CCC(F)(F)CC3)cc2)cc2cc(CCC(=O)/C=C/c3cccnc3)oc12. The Morgan fingerprint density at radius 1 is 1.05 bits per heavy atom. The van der Waals surface area contributed by atoms with Crippen LogP contribution in [0, 0.1) is 6.92 Å². The van der Waals surface area contributed by atoms with Gasteiger partial charge in [0, 0.05) is 62.1 Å². The molecule has 1 amide bonds. The first-order chi connectivity index (χ1) is 18.3. The van der Waals surface area contributed by atoms with E-state index in [9.17, 15) is 18.4 Å². The maximum atomic E-state index is 13.4. The van der Waals surface area contributed by atoms with Crippen LogP contribution in [0.3, 0.4) is 0 Å². The van der Waals surface area contributed by atoms with Gasteiger partial charge in [0.1, 0.15) is 11.3 Å². The number of nitrogens with zero attached hydrogens (tertiary/aromatic N) is 2. The van der Waals surface area contributed by atoms with Crippen LogP contribution in [0.2, 0.25) is 0 Å². The molecule has 4 aromatic rings. The van der Waals surface area contributed by atoms with E-state index < -0.39 is 5.92 Å². The van der Waals surface area contributed by atoms with E-state index in [1.807, 2.05) is 49.4 Å². The predicted octanol–water partition coefficient (Wildman–Crippen LogP) is 6.89. The molecule has 0 saturated carbocycles. The molecule has 5 nitrogen and oxygen atoms in total. The number of aryl methyl sites for hydroxylation is 2. The molecule has 38 heavy (non-hydrogen) atoms. The topological polar surface area (TPSA) is 63.4 Å². The maximum absolute atomic E-state index is 13.4. The highest BCUT2D eigenvalue weighted by Crippen LogP contribution is 2.31. The summed E-state index contributed by atoms with van der Waals surface area (Å²) in [6, 6.07) is 17.0.